The fourth-order valence-corrected chi connectivity index (χ4v) is 5.92. The van der Waals surface area contributed by atoms with Crippen LogP contribution in [0.3, 0.4) is 0 Å². The SMILES string of the molecule is COC(=O)c1sc(-c2cccc(N(C(=O)c3cccc(F)c3)C3CCOCC3)c2)c(Cl)c1OCC(=O)OC(C)(C)C. The van der Waals surface area contributed by atoms with Crippen LogP contribution in [0.5, 0.6) is 5.75 Å². The number of hydrogen-bond acceptors (Lipinski definition) is 8. The maximum Gasteiger partial charge on any atom is 0.351 e. The van der Waals surface area contributed by atoms with E-state index in [1.807, 2.05) is 0 Å². The maximum absolute atomic E-state index is 14.0. The third-order valence-corrected chi connectivity index (χ3v) is 7.84. The molecule has 0 bridgehead atoms. The van der Waals surface area contributed by atoms with Crippen LogP contribution in [0.4, 0.5) is 10.1 Å². The number of hydrogen-bond donors (Lipinski definition) is 0. The number of nitrogens with zero attached hydrogens (tertiary/aromatic N) is 1. The van der Waals surface area contributed by atoms with E-state index in [0.29, 0.717) is 42.2 Å². The molecular formula is C30H31ClFNO7S. The Kier molecular flexibility index (Phi) is 9.68. The number of carbonyl (C=O) groups is 3. The summed E-state index contributed by atoms with van der Waals surface area (Å²) >= 11 is 7.77. The number of esters is 2. The van der Waals surface area contributed by atoms with Crippen LogP contribution in [0.15, 0.2) is 48.5 Å². The van der Waals surface area contributed by atoms with Crippen LogP contribution in [-0.4, -0.2) is 56.4 Å². The number of benzene rings is 2. The van der Waals surface area contributed by atoms with Crippen molar-refractivity contribution in [3.05, 3.63) is 69.8 Å². The van der Waals surface area contributed by atoms with Crippen molar-refractivity contribution in [2.75, 3.05) is 31.8 Å². The lowest BCUT2D eigenvalue weighted by atomic mass is 10.0. The molecule has 1 aliphatic heterocycles. The van der Waals surface area contributed by atoms with E-state index >= 15 is 0 Å². The highest BCUT2D eigenvalue weighted by molar-refractivity contribution is 7.18. The molecule has 4 rings (SSSR count). The molecule has 41 heavy (non-hydrogen) atoms. The van der Waals surface area contributed by atoms with Crippen LogP contribution >= 0.6 is 22.9 Å². The quantitative estimate of drug-likeness (QED) is 0.270. The van der Waals surface area contributed by atoms with E-state index in [2.05, 4.69) is 0 Å². The van der Waals surface area contributed by atoms with Gasteiger partial charge in [-0.15, -0.1) is 11.3 Å². The molecule has 1 fully saturated rings. The van der Waals surface area contributed by atoms with Gasteiger partial charge in [0.1, 0.15) is 16.4 Å². The Balaban J connectivity index is 1.72. The van der Waals surface area contributed by atoms with E-state index in [-0.39, 0.29) is 33.2 Å². The molecular weight excluding hydrogens is 573 g/mol. The Morgan fingerprint density at radius 2 is 1.80 bits per heavy atom. The first-order valence-electron chi connectivity index (χ1n) is 13.0. The average molecular weight is 604 g/mol. The number of carbonyl (C=O) groups excluding carboxylic acids is 3. The van der Waals surface area contributed by atoms with E-state index < -0.39 is 30.0 Å². The van der Waals surface area contributed by atoms with E-state index in [0.717, 1.165) is 11.3 Å². The predicted molar refractivity (Wildman–Crippen MR) is 154 cm³/mol. The Bertz CT molecular complexity index is 1430. The van der Waals surface area contributed by atoms with Gasteiger partial charge < -0.3 is 23.8 Å². The van der Waals surface area contributed by atoms with Gasteiger partial charge in [-0.25, -0.2) is 14.0 Å². The van der Waals surface area contributed by atoms with Gasteiger partial charge in [-0.05, 0) is 69.5 Å². The number of thiophene rings is 1. The van der Waals surface area contributed by atoms with Crippen molar-refractivity contribution >= 4 is 46.5 Å². The predicted octanol–water partition coefficient (Wildman–Crippen LogP) is 6.54. The normalized spacial score (nSPS) is 13.9. The van der Waals surface area contributed by atoms with Gasteiger partial charge in [0, 0.05) is 30.5 Å². The fraction of sp³-hybridized carbons (Fsp3) is 0.367. The molecule has 1 amide bonds. The zero-order chi connectivity index (χ0) is 29.7. The van der Waals surface area contributed by atoms with Crippen molar-refractivity contribution in [1.29, 1.82) is 0 Å². The highest BCUT2D eigenvalue weighted by atomic mass is 35.5. The number of anilines is 1. The first kappa shape index (κ1) is 30.5. The van der Waals surface area contributed by atoms with Crippen molar-refractivity contribution in [1.82, 2.24) is 0 Å². The van der Waals surface area contributed by atoms with Crippen LogP contribution in [0, 0.1) is 5.82 Å². The Labute approximate surface area is 246 Å². The summed E-state index contributed by atoms with van der Waals surface area (Å²) in [7, 11) is 1.23. The minimum absolute atomic E-state index is 0.00639. The second-order valence-electron chi connectivity index (χ2n) is 10.3. The van der Waals surface area contributed by atoms with Crippen LogP contribution in [-0.2, 0) is 19.0 Å². The van der Waals surface area contributed by atoms with E-state index in [1.165, 1.54) is 25.3 Å². The highest BCUT2D eigenvalue weighted by Gasteiger charge is 2.30. The first-order chi connectivity index (χ1) is 19.5. The van der Waals surface area contributed by atoms with Crippen LogP contribution in [0.25, 0.3) is 10.4 Å². The maximum atomic E-state index is 14.0. The number of methoxy groups -OCH3 is 1. The Hall–Kier alpha value is -3.47. The lowest BCUT2D eigenvalue weighted by Crippen LogP contribution is -2.43. The zero-order valence-electron chi connectivity index (χ0n) is 23.2. The summed E-state index contributed by atoms with van der Waals surface area (Å²) in [6, 6.07) is 12.5. The summed E-state index contributed by atoms with van der Waals surface area (Å²) in [5.41, 5.74) is 0.694. The summed E-state index contributed by atoms with van der Waals surface area (Å²) in [4.78, 5) is 40.8. The third-order valence-electron chi connectivity index (χ3n) is 6.17. The summed E-state index contributed by atoms with van der Waals surface area (Å²) in [6.07, 6.45) is 1.22. The van der Waals surface area contributed by atoms with Crippen molar-refractivity contribution in [2.45, 2.75) is 45.3 Å². The van der Waals surface area contributed by atoms with E-state index in [4.69, 9.17) is 30.5 Å². The number of rotatable bonds is 8. The molecule has 0 N–H and O–H groups in total. The molecule has 0 spiro atoms. The van der Waals surface area contributed by atoms with Crippen LogP contribution in [0.1, 0.15) is 53.6 Å². The molecule has 1 aromatic heterocycles. The van der Waals surface area contributed by atoms with E-state index in [1.54, 1.807) is 56.0 Å². The molecule has 0 aliphatic carbocycles. The molecule has 1 aliphatic rings. The zero-order valence-corrected chi connectivity index (χ0v) is 24.8. The summed E-state index contributed by atoms with van der Waals surface area (Å²) in [6.45, 7) is 5.73. The molecule has 2 heterocycles. The van der Waals surface area contributed by atoms with Crippen LogP contribution < -0.4 is 9.64 Å². The molecule has 3 aromatic rings. The molecule has 1 saturated heterocycles. The molecule has 218 valence electrons. The van der Waals surface area contributed by atoms with E-state index in [9.17, 15) is 18.8 Å². The number of amides is 1. The van der Waals surface area contributed by atoms with Gasteiger partial charge in [-0.2, -0.15) is 0 Å². The smallest absolute Gasteiger partial charge is 0.351 e. The number of ether oxygens (including phenoxy) is 4. The molecule has 8 nitrogen and oxygen atoms in total. The van der Waals surface area contributed by atoms with Crippen molar-refractivity contribution in [3.63, 3.8) is 0 Å². The van der Waals surface area contributed by atoms with Crippen molar-refractivity contribution in [2.24, 2.45) is 0 Å². The van der Waals surface area contributed by atoms with Gasteiger partial charge in [0.15, 0.2) is 17.2 Å². The largest absolute Gasteiger partial charge is 0.479 e. The first-order valence-corrected chi connectivity index (χ1v) is 14.2. The molecule has 0 radical (unpaired) electrons. The summed E-state index contributed by atoms with van der Waals surface area (Å²) in [5, 5.41) is 0.116. The average Bonchev–Trinajstić information content (AvgIpc) is 3.27. The molecule has 2 aromatic carbocycles. The van der Waals surface area contributed by atoms with Crippen molar-refractivity contribution in [3.8, 4) is 16.2 Å². The van der Waals surface area contributed by atoms with Gasteiger partial charge in [0.2, 0.25) is 0 Å². The fourth-order valence-electron chi connectivity index (χ4n) is 4.43. The van der Waals surface area contributed by atoms with Crippen LogP contribution in [0.2, 0.25) is 5.02 Å². The second-order valence-corrected chi connectivity index (χ2v) is 11.7. The van der Waals surface area contributed by atoms with Crippen molar-refractivity contribution < 1.29 is 37.7 Å². The molecule has 0 atom stereocenters. The topological polar surface area (TPSA) is 91.4 Å². The minimum Gasteiger partial charge on any atom is -0.479 e. The Morgan fingerprint density at radius 3 is 2.46 bits per heavy atom. The Morgan fingerprint density at radius 1 is 1.10 bits per heavy atom. The monoisotopic (exact) mass is 603 g/mol. The van der Waals surface area contributed by atoms with Gasteiger partial charge >= 0.3 is 11.9 Å². The van der Waals surface area contributed by atoms with Gasteiger partial charge in [-0.1, -0.05) is 29.8 Å². The number of halogens is 2. The lowest BCUT2D eigenvalue weighted by Gasteiger charge is -2.34. The minimum atomic E-state index is -0.713. The highest BCUT2D eigenvalue weighted by Crippen LogP contribution is 2.46. The van der Waals surface area contributed by atoms with Gasteiger partial charge in [0.25, 0.3) is 5.91 Å². The second kappa shape index (κ2) is 13.0. The standard InChI is InChI=1S/C30H31ClFNO7S/c1-30(2,3)40-23(34)17-39-25-24(31)26(41-27(25)29(36)37-4)18-7-6-10-22(16-18)33(21-11-13-38-14-12-21)28(35)19-8-5-9-20(32)15-19/h5-10,15-16,21H,11-14,17H2,1-4H3. The van der Waals surface area contributed by atoms with Gasteiger partial charge in [0.05, 0.1) is 12.0 Å². The molecule has 11 heteroatoms. The lowest BCUT2D eigenvalue weighted by molar-refractivity contribution is -0.157. The summed E-state index contributed by atoms with van der Waals surface area (Å²) < 4.78 is 35.4. The molecule has 0 saturated carbocycles. The summed E-state index contributed by atoms with van der Waals surface area (Å²) in [5.74, 6) is -2.14. The molecule has 0 unspecified atom stereocenters. The third kappa shape index (κ3) is 7.44. The van der Waals surface area contributed by atoms with Gasteiger partial charge in [-0.3, -0.25) is 4.79 Å².